The minimum absolute atomic E-state index is 0.0860. The normalized spacial score (nSPS) is 22.2. The minimum atomic E-state index is -1.07. The van der Waals surface area contributed by atoms with E-state index in [9.17, 15) is 19.8 Å². The van der Waals surface area contributed by atoms with Crippen LogP contribution in [0.25, 0.3) is 0 Å². The van der Waals surface area contributed by atoms with Crippen molar-refractivity contribution >= 4 is 23.5 Å². The van der Waals surface area contributed by atoms with Gasteiger partial charge in [-0.15, -0.1) is 0 Å². The van der Waals surface area contributed by atoms with E-state index >= 15 is 0 Å². The lowest BCUT2D eigenvalue weighted by atomic mass is 9.66. The Morgan fingerprint density at radius 1 is 1.19 bits per heavy atom. The molecular weight excluding hydrogens is 430 g/mol. The Balaban J connectivity index is 2.02. The Labute approximate surface area is 196 Å². The highest BCUT2D eigenvalue weighted by molar-refractivity contribution is 6.30. The van der Waals surface area contributed by atoms with Gasteiger partial charge in [-0.2, -0.15) is 0 Å². The van der Waals surface area contributed by atoms with Gasteiger partial charge < -0.3 is 25.7 Å². The summed E-state index contributed by atoms with van der Waals surface area (Å²) in [5, 5.41) is 27.6. The van der Waals surface area contributed by atoms with Crippen molar-refractivity contribution in [3.63, 3.8) is 0 Å². The van der Waals surface area contributed by atoms with E-state index < -0.39 is 34.2 Å². The van der Waals surface area contributed by atoms with Crippen molar-refractivity contribution < 1.29 is 19.8 Å². The van der Waals surface area contributed by atoms with Gasteiger partial charge in [0.25, 0.3) is 0 Å². The molecule has 0 aromatic heterocycles. The predicted molar refractivity (Wildman–Crippen MR) is 126 cm³/mol. The molecule has 0 spiro atoms. The van der Waals surface area contributed by atoms with Crippen molar-refractivity contribution in [1.29, 1.82) is 0 Å². The third-order valence-electron chi connectivity index (χ3n) is 6.58. The summed E-state index contributed by atoms with van der Waals surface area (Å²) in [6, 6.07) is 6.31. The number of carbonyl (C=O) groups excluding carboxylic acids is 2. The summed E-state index contributed by atoms with van der Waals surface area (Å²) in [5.74, 6) is -0.0860. The monoisotopic (exact) mass is 467 g/mol. The molecule has 1 aromatic rings. The maximum absolute atomic E-state index is 13.1. The fourth-order valence-corrected chi connectivity index (χ4v) is 4.17. The van der Waals surface area contributed by atoms with Crippen molar-refractivity contribution in [3.05, 3.63) is 34.9 Å². The molecular formula is C24H38ClN3O4. The first-order valence-electron chi connectivity index (χ1n) is 11.0. The smallest absolute Gasteiger partial charge is 0.315 e. The summed E-state index contributed by atoms with van der Waals surface area (Å²) in [4.78, 5) is 27.2. The highest BCUT2D eigenvalue weighted by Crippen LogP contribution is 2.46. The molecule has 1 saturated heterocycles. The van der Waals surface area contributed by atoms with Gasteiger partial charge >= 0.3 is 6.03 Å². The zero-order valence-corrected chi connectivity index (χ0v) is 21.0. The number of urea groups is 1. The van der Waals surface area contributed by atoms with Gasteiger partial charge in [0.2, 0.25) is 5.91 Å². The molecule has 1 fully saturated rings. The summed E-state index contributed by atoms with van der Waals surface area (Å²) in [5.41, 5.74) is -2.70. The molecule has 1 heterocycles. The SMILES string of the molecule is CC(NC(=O)NC(C)(C)CC(=O)N1CC[C@](O)(c2ccc(Cl)cc2)C(C)(C)C1)C(C)(C)O. The first-order chi connectivity index (χ1) is 14.5. The second kappa shape index (κ2) is 9.20. The second-order valence-electron chi connectivity index (χ2n) is 10.9. The topological polar surface area (TPSA) is 102 Å². The molecule has 8 heteroatoms. The molecule has 7 nitrogen and oxygen atoms in total. The number of halogens is 1. The maximum Gasteiger partial charge on any atom is 0.315 e. The van der Waals surface area contributed by atoms with Crippen LogP contribution in [0.1, 0.15) is 66.9 Å². The number of hydrogen-bond donors (Lipinski definition) is 4. The van der Waals surface area contributed by atoms with Crippen molar-refractivity contribution in [2.75, 3.05) is 13.1 Å². The third kappa shape index (κ3) is 6.15. The van der Waals surface area contributed by atoms with Gasteiger partial charge in [-0.1, -0.05) is 37.6 Å². The van der Waals surface area contributed by atoms with E-state index in [1.165, 1.54) is 0 Å². The van der Waals surface area contributed by atoms with Crippen LogP contribution in [0.4, 0.5) is 4.79 Å². The van der Waals surface area contributed by atoms with Gasteiger partial charge in [-0.3, -0.25) is 4.79 Å². The van der Waals surface area contributed by atoms with E-state index in [0.29, 0.717) is 24.5 Å². The van der Waals surface area contributed by atoms with Crippen molar-refractivity contribution in [3.8, 4) is 0 Å². The van der Waals surface area contributed by atoms with Crippen molar-refractivity contribution in [2.45, 2.75) is 84.1 Å². The summed E-state index contributed by atoms with van der Waals surface area (Å²) in [6.07, 6.45) is 0.525. The van der Waals surface area contributed by atoms with E-state index in [1.54, 1.807) is 51.7 Å². The Morgan fingerprint density at radius 3 is 2.25 bits per heavy atom. The molecule has 4 N–H and O–H groups in total. The van der Waals surface area contributed by atoms with Crippen LogP contribution in [0.3, 0.4) is 0 Å². The van der Waals surface area contributed by atoms with E-state index in [2.05, 4.69) is 10.6 Å². The van der Waals surface area contributed by atoms with Crippen molar-refractivity contribution in [1.82, 2.24) is 15.5 Å². The minimum Gasteiger partial charge on any atom is -0.388 e. The van der Waals surface area contributed by atoms with Gasteiger partial charge in [0.05, 0.1) is 17.2 Å². The molecule has 0 radical (unpaired) electrons. The van der Waals surface area contributed by atoms with Crippen LogP contribution in [-0.2, 0) is 10.4 Å². The first kappa shape index (κ1) is 26.4. The van der Waals surface area contributed by atoms with Crippen molar-refractivity contribution in [2.24, 2.45) is 5.41 Å². The molecule has 180 valence electrons. The number of rotatable bonds is 6. The summed E-state index contributed by atoms with van der Waals surface area (Å²) in [7, 11) is 0. The van der Waals surface area contributed by atoms with E-state index in [4.69, 9.17) is 11.6 Å². The molecule has 1 aliphatic heterocycles. The molecule has 3 amide bonds. The first-order valence-corrected chi connectivity index (χ1v) is 11.4. The summed E-state index contributed by atoms with van der Waals surface area (Å²) in [6.45, 7) is 13.3. The van der Waals surface area contributed by atoms with Crippen LogP contribution in [0, 0.1) is 5.41 Å². The predicted octanol–water partition coefficient (Wildman–Crippen LogP) is 3.41. The number of amides is 3. The Morgan fingerprint density at radius 2 is 1.75 bits per heavy atom. The number of aliphatic hydroxyl groups is 2. The van der Waals surface area contributed by atoms with Crippen LogP contribution < -0.4 is 10.6 Å². The molecule has 1 aromatic carbocycles. The lowest BCUT2D eigenvalue weighted by Crippen LogP contribution is -2.59. The van der Waals surface area contributed by atoms with Crippen LogP contribution in [0.2, 0.25) is 5.02 Å². The van der Waals surface area contributed by atoms with Gasteiger partial charge in [-0.05, 0) is 58.7 Å². The van der Waals surface area contributed by atoms with Gasteiger partial charge in [0.15, 0.2) is 0 Å². The number of hydrogen-bond acceptors (Lipinski definition) is 4. The van der Waals surface area contributed by atoms with Gasteiger partial charge in [0.1, 0.15) is 0 Å². The number of nitrogens with one attached hydrogen (secondary N) is 2. The highest BCUT2D eigenvalue weighted by Gasteiger charge is 2.49. The third-order valence-corrected chi connectivity index (χ3v) is 6.83. The number of carbonyl (C=O) groups is 2. The second-order valence-corrected chi connectivity index (χ2v) is 11.3. The Kier molecular flexibility index (Phi) is 7.59. The summed E-state index contributed by atoms with van der Waals surface area (Å²) < 4.78 is 0. The zero-order valence-electron chi connectivity index (χ0n) is 20.3. The molecule has 2 atom stereocenters. The molecule has 0 saturated carbocycles. The van der Waals surface area contributed by atoms with E-state index in [-0.39, 0.29) is 12.3 Å². The number of piperidine rings is 1. The van der Waals surface area contributed by atoms with E-state index in [1.807, 2.05) is 26.0 Å². The van der Waals surface area contributed by atoms with Crippen LogP contribution in [0.15, 0.2) is 24.3 Å². The lowest BCUT2D eigenvalue weighted by molar-refractivity contribution is -0.154. The fourth-order valence-electron chi connectivity index (χ4n) is 4.05. The zero-order chi connectivity index (χ0) is 24.5. The Hall–Kier alpha value is -1.83. The van der Waals surface area contributed by atoms with E-state index in [0.717, 1.165) is 5.56 Å². The lowest BCUT2D eigenvalue weighted by Gasteiger charge is -2.51. The Bertz CT molecular complexity index is 833. The molecule has 0 bridgehead atoms. The van der Waals surface area contributed by atoms with Crippen LogP contribution >= 0.6 is 11.6 Å². The number of likely N-dealkylation sites (tertiary alicyclic amines) is 1. The molecule has 1 unspecified atom stereocenters. The number of benzene rings is 1. The van der Waals surface area contributed by atoms with Gasteiger partial charge in [-0.25, -0.2) is 4.79 Å². The largest absolute Gasteiger partial charge is 0.388 e. The molecule has 32 heavy (non-hydrogen) atoms. The standard InChI is InChI=1S/C24H38ClN3O4/c1-16(23(6,7)31)26-20(30)27-22(4,5)14-19(29)28-13-12-24(32,21(2,3)15-28)17-8-10-18(25)11-9-17/h8-11,16,31-32H,12-15H2,1-7H3,(H2,26,27,30)/t16?,24-/m0/s1. The van der Waals surface area contributed by atoms with Crippen LogP contribution in [0.5, 0.6) is 0 Å². The average Bonchev–Trinajstić information content (AvgIpc) is 2.62. The highest BCUT2D eigenvalue weighted by atomic mass is 35.5. The quantitative estimate of drug-likeness (QED) is 0.514. The fraction of sp³-hybridized carbons (Fsp3) is 0.667. The maximum atomic E-state index is 13.1. The number of nitrogens with zero attached hydrogens (tertiary/aromatic N) is 1. The summed E-state index contributed by atoms with van der Waals surface area (Å²) >= 11 is 6.00. The average molecular weight is 468 g/mol. The van der Waals surface area contributed by atoms with Crippen LogP contribution in [-0.4, -0.2) is 57.3 Å². The molecule has 1 aliphatic rings. The van der Waals surface area contributed by atoms with Gasteiger partial charge in [0, 0.05) is 35.5 Å². The molecule has 0 aliphatic carbocycles. The molecule has 2 rings (SSSR count).